The maximum atomic E-state index is 5.75. The minimum atomic E-state index is 0.309. The van der Waals surface area contributed by atoms with Gasteiger partial charge in [-0.15, -0.1) is 0 Å². The molecule has 0 spiro atoms. The molecule has 0 aromatic carbocycles. The number of ether oxygens (including phenoxy) is 1. The van der Waals surface area contributed by atoms with Crippen LogP contribution in [0, 0.1) is 0 Å². The van der Waals surface area contributed by atoms with Crippen LogP contribution in [0.5, 0.6) is 0 Å². The summed E-state index contributed by atoms with van der Waals surface area (Å²) in [5.41, 5.74) is 0.309. The number of nitrogens with zero attached hydrogens (tertiary/aromatic N) is 1. The van der Waals surface area contributed by atoms with Gasteiger partial charge in [-0.3, -0.25) is 4.90 Å². The highest BCUT2D eigenvalue weighted by Crippen LogP contribution is 2.37. The molecular formula is C11H21NO. The van der Waals surface area contributed by atoms with Gasteiger partial charge in [-0.25, -0.2) is 0 Å². The number of hydrogen-bond donors (Lipinski definition) is 0. The van der Waals surface area contributed by atoms with Crippen LogP contribution < -0.4 is 0 Å². The summed E-state index contributed by atoms with van der Waals surface area (Å²) in [5.74, 6) is 0. The van der Waals surface area contributed by atoms with E-state index in [9.17, 15) is 0 Å². The molecule has 0 radical (unpaired) electrons. The molecule has 2 nitrogen and oxygen atoms in total. The van der Waals surface area contributed by atoms with Crippen molar-refractivity contribution in [3.05, 3.63) is 0 Å². The fourth-order valence-electron chi connectivity index (χ4n) is 2.96. The third-order valence-electron chi connectivity index (χ3n) is 3.41. The molecule has 0 N–H and O–H groups in total. The van der Waals surface area contributed by atoms with E-state index < -0.39 is 0 Å². The molecule has 0 aromatic heterocycles. The monoisotopic (exact) mass is 183 g/mol. The van der Waals surface area contributed by atoms with Crippen molar-refractivity contribution < 1.29 is 4.74 Å². The number of hydrogen-bond acceptors (Lipinski definition) is 2. The molecule has 2 heterocycles. The van der Waals surface area contributed by atoms with Gasteiger partial charge in [0, 0.05) is 17.6 Å². The summed E-state index contributed by atoms with van der Waals surface area (Å²) in [4.78, 5) is 2.67. The summed E-state index contributed by atoms with van der Waals surface area (Å²) < 4.78 is 5.75. The van der Waals surface area contributed by atoms with Gasteiger partial charge >= 0.3 is 0 Å². The molecule has 0 saturated carbocycles. The van der Waals surface area contributed by atoms with Crippen LogP contribution in [-0.2, 0) is 4.74 Å². The molecule has 13 heavy (non-hydrogen) atoms. The Hall–Kier alpha value is -0.0800. The maximum absolute atomic E-state index is 5.75. The van der Waals surface area contributed by atoms with Gasteiger partial charge < -0.3 is 4.74 Å². The van der Waals surface area contributed by atoms with Gasteiger partial charge in [0.15, 0.2) is 0 Å². The average Bonchev–Trinajstić information content (AvgIpc) is 2.35. The second kappa shape index (κ2) is 2.96. The Kier molecular flexibility index (Phi) is 2.16. The van der Waals surface area contributed by atoms with Crippen molar-refractivity contribution >= 4 is 0 Å². The maximum Gasteiger partial charge on any atom is 0.0703 e. The van der Waals surface area contributed by atoms with E-state index in [0.29, 0.717) is 23.7 Å². The van der Waals surface area contributed by atoms with Crippen LogP contribution in [0.1, 0.15) is 40.5 Å². The van der Waals surface area contributed by atoms with E-state index in [2.05, 4.69) is 32.6 Å². The predicted octanol–water partition coefficient (Wildman–Crippen LogP) is 2.04. The van der Waals surface area contributed by atoms with Crippen LogP contribution >= 0.6 is 0 Å². The van der Waals surface area contributed by atoms with Crippen LogP contribution in [0.25, 0.3) is 0 Å². The summed E-state index contributed by atoms with van der Waals surface area (Å²) >= 11 is 0. The fourth-order valence-corrected chi connectivity index (χ4v) is 2.96. The van der Waals surface area contributed by atoms with E-state index in [-0.39, 0.29) is 0 Å². The van der Waals surface area contributed by atoms with Gasteiger partial charge in [0.05, 0.1) is 12.7 Å². The normalized spacial score (nSPS) is 41.1. The molecule has 2 heteroatoms. The minimum absolute atomic E-state index is 0.309. The molecule has 0 aromatic rings. The minimum Gasteiger partial charge on any atom is -0.375 e. The molecule has 2 aliphatic rings. The van der Waals surface area contributed by atoms with E-state index in [1.165, 1.54) is 12.8 Å². The summed E-state index contributed by atoms with van der Waals surface area (Å²) in [5, 5.41) is 0. The molecule has 0 aliphatic carbocycles. The summed E-state index contributed by atoms with van der Waals surface area (Å²) in [6, 6.07) is 1.35. The zero-order valence-corrected chi connectivity index (χ0v) is 9.21. The molecular weight excluding hydrogens is 162 g/mol. The molecule has 3 atom stereocenters. The Morgan fingerprint density at radius 1 is 1.23 bits per heavy atom. The first-order valence-electron chi connectivity index (χ1n) is 5.40. The number of rotatable bonds is 0. The lowest BCUT2D eigenvalue weighted by atomic mass is 10.00. The Labute approximate surface area is 81.3 Å². The smallest absolute Gasteiger partial charge is 0.0703 e. The lowest BCUT2D eigenvalue weighted by Gasteiger charge is -2.46. The molecule has 2 saturated heterocycles. The average molecular weight is 183 g/mol. The second-order valence-electron chi connectivity index (χ2n) is 5.42. The number of morpholine rings is 1. The van der Waals surface area contributed by atoms with Crippen molar-refractivity contribution in [3.63, 3.8) is 0 Å². The van der Waals surface area contributed by atoms with E-state index in [1.54, 1.807) is 0 Å². The zero-order chi connectivity index (χ0) is 9.64. The van der Waals surface area contributed by atoms with Crippen molar-refractivity contribution in [1.29, 1.82) is 0 Å². The Balaban J connectivity index is 2.20. The van der Waals surface area contributed by atoms with Gasteiger partial charge in [0.25, 0.3) is 0 Å². The molecule has 2 fully saturated rings. The quantitative estimate of drug-likeness (QED) is 0.570. The largest absolute Gasteiger partial charge is 0.375 e. The van der Waals surface area contributed by atoms with Crippen LogP contribution in [0.2, 0.25) is 0 Å². The molecule has 2 bridgehead atoms. The first-order chi connectivity index (χ1) is 6.00. The fraction of sp³-hybridized carbons (Fsp3) is 1.00. The summed E-state index contributed by atoms with van der Waals surface area (Å²) in [6.45, 7) is 10.1. The Bertz CT molecular complexity index is 197. The van der Waals surface area contributed by atoms with E-state index in [1.807, 2.05) is 0 Å². The molecule has 0 amide bonds. The van der Waals surface area contributed by atoms with Crippen molar-refractivity contribution in [2.75, 3.05) is 6.61 Å². The van der Waals surface area contributed by atoms with Gasteiger partial charge in [-0.2, -0.15) is 0 Å². The summed E-state index contributed by atoms with van der Waals surface area (Å²) in [6.07, 6.45) is 3.08. The molecule has 2 rings (SSSR count). The van der Waals surface area contributed by atoms with Crippen molar-refractivity contribution in [2.45, 2.75) is 64.3 Å². The standard InChI is InChI=1S/C11H21NO/c1-8-10-6-5-9(7-13-8)12(10)11(2,3)4/h8-10H,5-7H2,1-4H3. The van der Waals surface area contributed by atoms with E-state index in [4.69, 9.17) is 4.74 Å². The highest BCUT2D eigenvalue weighted by Gasteiger charge is 2.45. The summed E-state index contributed by atoms with van der Waals surface area (Å²) in [7, 11) is 0. The molecule has 3 unspecified atom stereocenters. The van der Waals surface area contributed by atoms with Crippen LogP contribution in [-0.4, -0.2) is 35.2 Å². The van der Waals surface area contributed by atoms with Crippen LogP contribution in [0.4, 0.5) is 0 Å². The second-order valence-corrected chi connectivity index (χ2v) is 5.42. The van der Waals surface area contributed by atoms with Crippen LogP contribution in [0.15, 0.2) is 0 Å². The lowest BCUT2D eigenvalue weighted by Crippen LogP contribution is -2.57. The third kappa shape index (κ3) is 1.50. The highest BCUT2D eigenvalue weighted by atomic mass is 16.5. The predicted molar refractivity (Wildman–Crippen MR) is 53.8 cm³/mol. The van der Waals surface area contributed by atoms with Crippen molar-refractivity contribution in [3.8, 4) is 0 Å². The zero-order valence-electron chi connectivity index (χ0n) is 9.21. The van der Waals surface area contributed by atoms with Gasteiger partial charge in [-0.1, -0.05) is 0 Å². The van der Waals surface area contributed by atoms with Crippen molar-refractivity contribution in [1.82, 2.24) is 4.90 Å². The number of fused-ring (bicyclic) bond motifs is 2. The van der Waals surface area contributed by atoms with Gasteiger partial charge in [0.1, 0.15) is 0 Å². The first kappa shape index (κ1) is 9.47. The molecule has 76 valence electrons. The van der Waals surface area contributed by atoms with Crippen molar-refractivity contribution in [2.24, 2.45) is 0 Å². The van der Waals surface area contributed by atoms with Crippen LogP contribution in [0.3, 0.4) is 0 Å². The lowest BCUT2D eigenvalue weighted by molar-refractivity contribution is -0.0980. The van der Waals surface area contributed by atoms with E-state index in [0.717, 1.165) is 6.61 Å². The van der Waals surface area contributed by atoms with Gasteiger partial charge in [-0.05, 0) is 40.5 Å². The SMILES string of the molecule is CC1OCC2CCC1N2C(C)(C)C. The highest BCUT2D eigenvalue weighted by molar-refractivity contribution is 4.99. The first-order valence-corrected chi connectivity index (χ1v) is 5.40. The molecule has 2 aliphatic heterocycles. The Morgan fingerprint density at radius 2 is 1.92 bits per heavy atom. The van der Waals surface area contributed by atoms with Gasteiger partial charge in [0.2, 0.25) is 0 Å². The van der Waals surface area contributed by atoms with E-state index >= 15 is 0 Å². The Morgan fingerprint density at radius 3 is 2.46 bits per heavy atom. The third-order valence-corrected chi connectivity index (χ3v) is 3.41. The topological polar surface area (TPSA) is 12.5 Å².